The zero-order chi connectivity index (χ0) is 21.4. The van der Waals surface area contributed by atoms with E-state index in [1.165, 1.54) is 0 Å². The molecule has 31 heavy (non-hydrogen) atoms. The largest absolute Gasteiger partial charge is 0.358 e. The Labute approximate surface area is 177 Å². The van der Waals surface area contributed by atoms with Crippen LogP contribution < -0.4 is 5.32 Å². The molecule has 0 aliphatic rings. The van der Waals surface area contributed by atoms with Crippen molar-refractivity contribution in [3.63, 3.8) is 0 Å². The van der Waals surface area contributed by atoms with Crippen LogP contribution in [0, 0.1) is 0 Å². The van der Waals surface area contributed by atoms with Crippen molar-refractivity contribution in [2.24, 2.45) is 0 Å². The summed E-state index contributed by atoms with van der Waals surface area (Å²) in [5.74, 6) is 0.620. The molecular weight excluding hydrogens is 392 g/mol. The zero-order valence-electron chi connectivity index (χ0n) is 17.1. The molecule has 0 saturated carbocycles. The molecule has 9 nitrogen and oxygen atoms in total. The van der Waals surface area contributed by atoms with Crippen LogP contribution in [0.4, 0.5) is 0 Å². The van der Waals surface area contributed by atoms with Crippen molar-refractivity contribution in [3.05, 3.63) is 72.4 Å². The van der Waals surface area contributed by atoms with Crippen molar-refractivity contribution in [2.75, 3.05) is 7.05 Å². The van der Waals surface area contributed by atoms with E-state index in [-0.39, 0.29) is 18.4 Å². The maximum atomic E-state index is 11.6. The number of rotatable bonds is 5. The molecule has 154 valence electrons. The number of pyridine rings is 1. The van der Waals surface area contributed by atoms with Gasteiger partial charge in [0.15, 0.2) is 11.5 Å². The van der Waals surface area contributed by atoms with Gasteiger partial charge in [0.1, 0.15) is 6.54 Å². The molecule has 1 aromatic carbocycles. The van der Waals surface area contributed by atoms with Crippen molar-refractivity contribution in [1.82, 2.24) is 39.9 Å². The van der Waals surface area contributed by atoms with E-state index >= 15 is 0 Å². The number of likely N-dealkylation sites (N-methyl/N-ethyl adjacent to an activating group) is 1. The second-order valence-electron chi connectivity index (χ2n) is 7.32. The highest BCUT2D eigenvalue weighted by Gasteiger charge is 2.18. The summed E-state index contributed by atoms with van der Waals surface area (Å²) in [6, 6.07) is 13.9. The first-order valence-electron chi connectivity index (χ1n) is 9.93. The molecule has 5 rings (SSSR count). The normalized spacial score (nSPS) is 12.3. The van der Waals surface area contributed by atoms with Crippen molar-refractivity contribution < 1.29 is 4.79 Å². The highest BCUT2D eigenvalue weighted by atomic mass is 16.1. The van der Waals surface area contributed by atoms with Gasteiger partial charge in [0, 0.05) is 36.3 Å². The average Bonchev–Trinajstić information content (AvgIpc) is 3.44. The van der Waals surface area contributed by atoms with E-state index in [9.17, 15) is 4.79 Å². The number of fused-ring (bicyclic) bond motifs is 2. The fourth-order valence-electron chi connectivity index (χ4n) is 3.55. The Bertz CT molecular complexity index is 1400. The molecule has 0 aliphatic heterocycles. The minimum atomic E-state index is -0.112. The summed E-state index contributed by atoms with van der Waals surface area (Å²) < 4.78 is 3.35. The van der Waals surface area contributed by atoms with E-state index in [0.717, 1.165) is 33.5 Å². The predicted molar refractivity (Wildman–Crippen MR) is 115 cm³/mol. The third-order valence-electron chi connectivity index (χ3n) is 5.31. The molecule has 1 amide bonds. The number of amides is 1. The Morgan fingerprint density at radius 2 is 2.06 bits per heavy atom. The molecule has 1 N–H and O–H groups in total. The molecule has 0 spiro atoms. The van der Waals surface area contributed by atoms with Gasteiger partial charge < -0.3 is 5.32 Å². The molecule has 1 atom stereocenters. The molecule has 4 aromatic heterocycles. The van der Waals surface area contributed by atoms with Crippen LogP contribution in [0.5, 0.6) is 0 Å². The second-order valence-corrected chi connectivity index (χ2v) is 7.32. The quantitative estimate of drug-likeness (QED) is 0.476. The first kappa shape index (κ1) is 18.9. The Morgan fingerprint density at radius 3 is 2.94 bits per heavy atom. The maximum absolute atomic E-state index is 11.6. The topological polar surface area (TPSA) is 103 Å². The number of hydrogen-bond donors (Lipinski definition) is 1. The lowest BCUT2D eigenvalue weighted by molar-refractivity contribution is -0.121. The number of nitrogens with one attached hydrogen (secondary N) is 1. The summed E-state index contributed by atoms with van der Waals surface area (Å²) in [4.78, 5) is 16.0. The highest BCUT2D eigenvalue weighted by Crippen LogP contribution is 2.26. The van der Waals surface area contributed by atoms with E-state index in [4.69, 9.17) is 5.10 Å². The summed E-state index contributed by atoms with van der Waals surface area (Å²) in [6.45, 7) is 2.24. The predicted octanol–water partition coefficient (Wildman–Crippen LogP) is 2.43. The van der Waals surface area contributed by atoms with Crippen LogP contribution >= 0.6 is 0 Å². The Kier molecular flexibility index (Phi) is 4.62. The smallest absolute Gasteiger partial charge is 0.241 e. The third-order valence-corrected chi connectivity index (χ3v) is 5.31. The maximum Gasteiger partial charge on any atom is 0.241 e. The lowest BCUT2D eigenvalue weighted by Crippen LogP contribution is -2.23. The minimum Gasteiger partial charge on any atom is -0.358 e. The number of hydrogen-bond acceptors (Lipinski definition) is 6. The fraction of sp³-hybridized carbons (Fsp3) is 0.182. The van der Waals surface area contributed by atoms with E-state index in [1.54, 1.807) is 34.8 Å². The molecular formula is C22H20N8O. The van der Waals surface area contributed by atoms with Gasteiger partial charge >= 0.3 is 0 Å². The van der Waals surface area contributed by atoms with Gasteiger partial charge in [-0.3, -0.25) is 14.5 Å². The van der Waals surface area contributed by atoms with Gasteiger partial charge in [-0.1, -0.05) is 19.1 Å². The molecule has 5 aromatic rings. The number of carbonyl (C=O) groups is 1. The Hall–Kier alpha value is -4.14. The van der Waals surface area contributed by atoms with E-state index < -0.39 is 0 Å². The second kappa shape index (κ2) is 7.60. The van der Waals surface area contributed by atoms with Crippen molar-refractivity contribution in [1.29, 1.82) is 0 Å². The standard InChI is InChI=1S/C22H20N8O/c1-14(15-5-6-18-16(10-15)4-3-9-24-18)22-27-26-20-8-7-19(28-30(20)22)17-11-25-29(12-17)13-21(31)23-2/h3-12,14H,13H2,1-2H3,(H,23,31). The number of nitrogens with zero attached hydrogens (tertiary/aromatic N) is 7. The molecule has 0 radical (unpaired) electrons. The summed E-state index contributed by atoms with van der Waals surface area (Å²) in [5, 5.41) is 21.4. The van der Waals surface area contributed by atoms with E-state index in [0.29, 0.717) is 5.65 Å². The lowest BCUT2D eigenvalue weighted by Gasteiger charge is -2.11. The van der Waals surface area contributed by atoms with Crippen molar-refractivity contribution in [3.8, 4) is 11.3 Å². The van der Waals surface area contributed by atoms with Crippen LogP contribution in [-0.4, -0.2) is 47.5 Å². The van der Waals surface area contributed by atoms with Crippen LogP contribution in [0.25, 0.3) is 27.8 Å². The molecule has 1 unspecified atom stereocenters. The lowest BCUT2D eigenvalue weighted by atomic mass is 9.98. The number of carbonyl (C=O) groups excluding carboxylic acids is 1. The molecule has 0 aliphatic carbocycles. The van der Waals surface area contributed by atoms with Crippen LogP contribution in [0.2, 0.25) is 0 Å². The van der Waals surface area contributed by atoms with Crippen LogP contribution in [0.15, 0.2) is 61.1 Å². The Morgan fingerprint density at radius 1 is 1.16 bits per heavy atom. The van der Waals surface area contributed by atoms with E-state index in [1.807, 2.05) is 30.3 Å². The van der Waals surface area contributed by atoms with Gasteiger partial charge in [-0.15, -0.1) is 10.2 Å². The van der Waals surface area contributed by atoms with Gasteiger partial charge in [-0.25, -0.2) is 0 Å². The van der Waals surface area contributed by atoms with Crippen LogP contribution in [-0.2, 0) is 11.3 Å². The number of aromatic nitrogens is 7. The summed E-state index contributed by atoms with van der Waals surface area (Å²) in [6.07, 6.45) is 5.29. The molecule has 4 heterocycles. The third kappa shape index (κ3) is 3.50. The summed E-state index contributed by atoms with van der Waals surface area (Å²) in [5.41, 5.74) is 4.28. The van der Waals surface area contributed by atoms with Crippen molar-refractivity contribution in [2.45, 2.75) is 19.4 Å². The van der Waals surface area contributed by atoms with Gasteiger partial charge in [-0.05, 0) is 35.9 Å². The first-order chi connectivity index (χ1) is 15.1. The van der Waals surface area contributed by atoms with Gasteiger partial charge in [-0.2, -0.15) is 14.7 Å². The molecule has 0 bridgehead atoms. The van der Waals surface area contributed by atoms with Gasteiger partial charge in [0.25, 0.3) is 0 Å². The van der Waals surface area contributed by atoms with E-state index in [2.05, 4.69) is 44.7 Å². The first-order valence-corrected chi connectivity index (χ1v) is 9.93. The SMILES string of the molecule is CNC(=O)Cn1cc(-c2ccc3nnc(C(C)c4ccc5ncccc5c4)n3n2)cn1. The van der Waals surface area contributed by atoms with Gasteiger partial charge in [0.05, 0.1) is 17.4 Å². The monoisotopic (exact) mass is 412 g/mol. The average molecular weight is 412 g/mol. The minimum absolute atomic E-state index is 0.0154. The summed E-state index contributed by atoms with van der Waals surface area (Å²) >= 11 is 0. The number of benzene rings is 1. The fourth-order valence-corrected chi connectivity index (χ4v) is 3.55. The molecule has 0 saturated heterocycles. The zero-order valence-corrected chi connectivity index (χ0v) is 17.1. The highest BCUT2D eigenvalue weighted by molar-refractivity contribution is 5.79. The molecule has 0 fully saturated rings. The summed E-state index contributed by atoms with van der Waals surface area (Å²) in [7, 11) is 1.60. The molecule has 9 heteroatoms. The van der Waals surface area contributed by atoms with Crippen LogP contribution in [0.3, 0.4) is 0 Å². The Balaban J connectivity index is 1.50. The van der Waals surface area contributed by atoms with Gasteiger partial charge in [0.2, 0.25) is 5.91 Å². The van der Waals surface area contributed by atoms with Crippen LogP contribution in [0.1, 0.15) is 24.2 Å². The van der Waals surface area contributed by atoms with Crippen molar-refractivity contribution >= 4 is 22.5 Å².